The number of benzene rings is 2. The average Bonchev–Trinajstić information content (AvgIpc) is 2.66. The summed E-state index contributed by atoms with van der Waals surface area (Å²) in [5.74, 6) is 1.84. The van der Waals surface area contributed by atoms with E-state index in [9.17, 15) is 4.79 Å². The Labute approximate surface area is 183 Å². The molecule has 0 bridgehead atoms. The second-order valence-corrected chi connectivity index (χ2v) is 8.06. The summed E-state index contributed by atoms with van der Waals surface area (Å²) < 4.78 is 18.5. The molecule has 0 aliphatic carbocycles. The van der Waals surface area contributed by atoms with E-state index in [0.29, 0.717) is 30.4 Å². The summed E-state index contributed by atoms with van der Waals surface area (Å²) >= 11 is 6.88. The van der Waals surface area contributed by atoms with E-state index in [0.717, 1.165) is 32.9 Å². The Hall–Kier alpha value is -1.73. The van der Waals surface area contributed by atoms with E-state index in [-0.39, 0.29) is 12.5 Å². The lowest BCUT2D eigenvalue weighted by Crippen LogP contribution is -2.28. The molecule has 0 saturated carbocycles. The molecule has 1 N–H and O–H groups in total. The van der Waals surface area contributed by atoms with E-state index in [1.807, 2.05) is 37.3 Å². The number of aryl methyl sites for hydroxylation is 1. The highest BCUT2D eigenvalue weighted by Crippen LogP contribution is 2.32. The Morgan fingerprint density at radius 3 is 2.57 bits per heavy atom. The molecule has 0 unspecified atom stereocenters. The molecule has 5 nitrogen and oxygen atoms in total. The van der Waals surface area contributed by atoms with Crippen LogP contribution >= 0.6 is 31.9 Å². The Morgan fingerprint density at radius 1 is 1.11 bits per heavy atom. The van der Waals surface area contributed by atoms with Gasteiger partial charge in [-0.15, -0.1) is 0 Å². The third-order valence-electron chi connectivity index (χ3n) is 4.01. The summed E-state index contributed by atoms with van der Waals surface area (Å²) in [4.78, 5) is 12.2. The zero-order valence-corrected chi connectivity index (χ0v) is 19.5. The van der Waals surface area contributed by atoms with Crippen LogP contribution in [0.15, 0.2) is 39.3 Å². The number of carbonyl (C=O) groups excluding carboxylic acids is 1. The Kier molecular flexibility index (Phi) is 9.12. The van der Waals surface area contributed by atoms with Gasteiger partial charge < -0.3 is 19.5 Å². The van der Waals surface area contributed by atoms with Crippen molar-refractivity contribution in [3.05, 3.63) is 50.4 Å². The van der Waals surface area contributed by atoms with Crippen LogP contribution in [0.4, 0.5) is 0 Å². The van der Waals surface area contributed by atoms with E-state index >= 15 is 0 Å². The molecule has 2 rings (SSSR count). The lowest BCUT2D eigenvalue weighted by molar-refractivity contribution is -0.123. The average molecular weight is 515 g/mol. The first kappa shape index (κ1) is 22.6. The Balaban J connectivity index is 1.88. The van der Waals surface area contributed by atoms with Crippen molar-refractivity contribution in [3.8, 4) is 17.2 Å². The van der Waals surface area contributed by atoms with Gasteiger partial charge in [-0.25, -0.2) is 0 Å². The molecule has 0 heterocycles. The Morgan fingerprint density at radius 2 is 1.89 bits per heavy atom. The first-order valence-corrected chi connectivity index (χ1v) is 10.7. The molecule has 0 aromatic heterocycles. The van der Waals surface area contributed by atoms with Gasteiger partial charge in [-0.05, 0) is 64.7 Å². The largest absolute Gasteiger partial charge is 0.493 e. The summed E-state index contributed by atoms with van der Waals surface area (Å²) in [6.07, 6.45) is 2.07. The van der Waals surface area contributed by atoms with E-state index in [2.05, 4.69) is 44.1 Å². The molecule has 28 heavy (non-hydrogen) atoms. The van der Waals surface area contributed by atoms with Crippen LogP contribution in [-0.4, -0.2) is 26.2 Å². The molecule has 0 saturated heterocycles. The Bertz CT molecular complexity index is 788. The van der Waals surface area contributed by atoms with Crippen molar-refractivity contribution in [3.63, 3.8) is 0 Å². The molecule has 152 valence electrons. The normalized spacial score (nSPS) is 10.5. The highest BCUT2D eigenvalue weighted by Gasteiger charge is 2.11. The first-order valence-electron chi connectivity index (χ1n) is 9.09. The fourth-order valence-electron chi connectivity index (χ4n) is 2.53. The van der Waals surface area contributed by atoms with E-state index < -0.39 is 0 Å². The van der Waals surface area contributed by atoms with Crippen LogP contribution in [0.5, 0.6) is 17.2 Å². The SMILES string of the molecule is CCCCOc1ccc(CNC(=O)COc2c(C)cc(Br)cc2Br)cc1OC. The summed E-state index contributed by atoms with van der Waals surface area (Å²) in [5, 5.41) is 2.86. The molecular weight excluding hydrogens is 490 g/mol. The van der Waals surface area contributed by atoms with Gasteiger partial charge in [0.1, 0.15) is 5.75 Å². The van der Waals surface area contributed by atoms with Crippen molar-refractivity contribution < 1.29 is 19.0 Å². The van der Waals surface area contributed by atoms with Crippen LogP contribution in [0.2, 0.25) is 0 Å². The third kappa shape index (κ3) is 6.71. The zero-order chi connectivity index (χ0) is 20.5. The number of methoxy groups -OCH3 is 1. The predicted molar refractivity (Wildman–Crippen MR) is 117 cm³/mol. The molecule has 1 amide bonds. The van der Waals surface area contributed by atoms with Crippen LogP contribution in [0, 0.1) is 6.92 Å². The second-order valence-electron chi connectivity index (χ2n) is 6.29. The van der Waals surface area contributed by atoms with Gasteiger partial charge in [0.15, 0.2) is 18.1 Å². The number of nitrogens with one attached hydrogen (secondary N) is 1. The van der Waals surface area contributed by atoms with Gasteiger partial charge in [0, 0.05) is 11.0 Å². The van der Waals surface area contributed by atoms with Gasteiger partial charge in [-0.3, -0.25) is 4.79 Å². The lowest BCUT2D eigenvalue weighted by Gasteiger charge is -2.13. The molecule has 0 atom stereocenters. The number of amides is 1. The van der Waals surface area contributed by atoms with Crippen molar-refractivity contribution in [2.45, 2.75) is 33.2 Å². The van der Waals surface area contributed by atoms with Crippen LogP contribution in [0.3, 0.4) is 0 Å². The topological polar surface area (TPSA) is 56.8 Å². The van der Waals surface area contributed by atoms with Crippen LogP contribution in [-0.2, 0) is 11.3 Å². The number of ether oxygens (including phenoxy) is 3. The minimum absolute atomic E-state index is 0.0591. The molecular formula is C21H25Br2NO4. The molecule has 0 spiro atoms. The molecule has 2 aromatic carbocycles. The minimum Gasteiger partial charge on any atom is -0.493 e. The van der Waals surface area contributed by atoms with Gasteiger partial charge in [0.25, 0.3) is 5.91 Å². The summed E-state index contributed by atoms with van der Waals surface area (Å²) in [7, 11) is 1.61. The van der Waals surface area contributed by atoms with Gasteiger partial charge in [-0.2, -0.15) is 0 Å². The van der Waals surface area contributed by atoms with Crippen molar-refractivity contribution >= 4 is 37.8 Å². The molecule has 0 aliphatic rings. The third-order valence-corrected chi connectivity index (χ3v) is 5.06. The maximum atomic E-state index is 12.2. The molecule has 7 heteroatoms. The number of unbranched alkanes of at least 4 members (excludes halogenated alkanes) is 1. The van der Waals surface area contributed by atoms with Gasteiger partial charge in [-0.1, -0.05) is 35.3 Å². The van der Waals surface area contributed by atoms with Crippen molar-refractivity contribution in [1.82, 2.24) is 5.32 Å². The maximum absolute atomic E-state index is 12.2. The molecule has 0 radical (unpaired) electrons. The smallest absolute Gasteiger partial charge is 0.258 e. The minimum atomic E-state index is -0.198. The lowest BCUT2D eigenvalue weighted by atomic mass is 10.2. The van der Waals surface area contributed by atoms with Crippen molar-refractivity contribution in [2.24, 2.45) is 0 Å². The van der Waals surface area contributed by atoms with E-state index in [1.54, 1.807) is 7.11 Å². The summed E-state index contributed by atoms with van der Waals surface area (Å²) in [6, 6.07) is 9.48. The van der Waals surface area contributed by atoms with E-state index in [1.165, 1.54) is 0 Å². The fourth-order valence-corrected chi connectivity index (χ4v) is 4.08. The first-order chi connectivity index (χ1) is 13.4. The van der Waals surface area contributed by atoms with Gasteiger partial charge in [0.2, 0.25) is 0 Å². The molecule has 0 fully saturated rings. The molecule has 0 aliphatic heterocycles. The number of hydrogen-bond acceptors (Lipinski definition) is 4. The fraction of sp³-hybridized carbons (Fsp3) is 0.381. The second kappa shape index (κ2) is 11.3. The van der Waals surface area contributed by atoms with Crippen LogP contribution < -0.4 is 19.5 Å². The highest BCUT2D eigenvalue weighted by atomic mass is 79.9. The number of rotatable bonds is 10. The zero-order valence-electron chi connectivity index (χ0n) is 16.3. The van der Waals surface area contributed by atoms with Crippen molar-refractivity contribution in [1.29, 1.82) is 0 Å². The molecule has 2 aromatic rings. The number of carbonyl (C=O) groups is 1. The summed E-state index contributed by atoms with van der Waals surface area (Å²) in [6.45, 7) is 5.03. The van der Waals surface area contributed by atoms with Crippen LogP contribution in [0.1, 0.15) is 30.9 Å². The van der Waals surface area contributed by atoms with Crippen molar-refractivity contribution in [2.75, 3.05) is 20.3 Å². The van der Waals surface area contributed by atoms with Gasteiger partial charge >= 0.3 is 0 Å². The maximum Gasteiger partial charge on any atom is 0.258 e. The quantitative estimate of drug-likeness (QED) is 0.431. The monoisotopic (exact) mass is 513 g/mol. The van der Waals surface area contributed by atoms with Gasteiger partial charge in [0.05, 0.1) is 18.2 Å². The number of hydrogen-bond donors (Lipinski definition) is 1. The van der Waals surface area contributed by atoms with Crippen LogP contribution in [0.25, 0.3) is 0 Å². The predicted octanol–water partition coefficient (Wildman–Crippen LogP) is 5.40. The number of halogens is 2. The standard InChI is InChI=1S/C21H25Br2NO4/c1-4-5-8-27-18-7-6-15(10-19(18)26-3)12-24-20(25)13-28-21-14(2)9-16(22)11-17(21)23/h6-7,9-11H,4-5,8,12-13H2,1-3H3,(H,24,25). The highest BCUT2D eigenvalue weighted by molar-refractivity contribution is 9.11. The summed E-state index contributed by atoms with van der Waals surface area (Å²) in [5.41, 5.74) is 1.87. The van der Waals surface area contributed by atoms with E-state index in [4.69, 9.17) is 14.2 Å².